The van der Waals surface area contributed by atoms with Gasteiger partial charge >= 0.3 is 0 Å². The summed E-state index contributed by atoms with van der Waals surface area (Å²) in [6.07, 6.45) is 2.21. The van der Waals surface area contributed by atoms with Crippen LogP contribution in [0.3, 0.4) is 0 Å². The van der Waals surface area contributed by atoms with Crippen LogP contribution >= 0.6 is 11.6 Å². The fourth-order valence-corrected chi connectivity index (χ4v) is 3.59. The molecule has 1 aliphatic carbocycles. The molecule has 0 spiro atoms. The van der Waals surface area contributed by atoms with Crippen LogP contribution in [0.1, 0.15) is 36.5 Å². The third-order valence-corrected chi connectivity index (χ3v) is 5.42. The second-order valence-corrected chi connectivity index (χ2v) is 7.50. The Hall–Kier alpha value is -2.29. The highest BCUT2D eigenvalue weighted by Gasteiger charge is 2.32. The van der Waals surface area contributed by atoms with Gasteiger partial charge in [-0.25, -0.2) is 9.67 Å². The molecule has 9 heteroatoms. The van der Waals surface area contributed by atoms with Crippen LogP contribution in [-0.4, -0.2) is 56.5 Å². The van der Waals surface area contributed by atoms with Gasteiger partial charge in [-0.05, 0) is 32.0 Å². The highest BCUT2D eigenvalue weighted by molar-refractivity contribution is 6.32. The van der Waals surface area contributed by atoms with Gasteiger partial charge in [0, 0.05) is 25.6 Å². The number of halogens is 1. The molecule has 8 nitrogen and oxygen atoms in total. The van der Waals surface area contributed by atoms with E-state index in [1.165, 1.54) is 0 Å². The fourth-order valence-electron chi connectivity index (χ4n) is 3.38. The van der Waals surface area contributed by atoms with Gasteiger partial charge in [0.25, 0.3) is 5.89 Å². The number of nitrogens with zero attached hydrogens (tertiary/aromatic N) is 6. The number of piperazine rings is 1. The molecule has 3 heterocycles. The second-order valence-electron chi connectivity index (χ2n) is 7.09. The van der Waals surface area contributed by atoms with Gasteiger partial charge in [-0.3, -0.25) is 4.90 Å². The number of aromatic nitrogens is 5. The Morgan fingerprint density at radius 2 is 2.07 bits per heavy atom. The molecular weight excluding hydrogens is 366 g/mol. The van der Waals surface area contributed by atoms with Gasteiger partial charge in [0.1, 0.15) is 5.82 Å². The predicted octanol–water partition coefficient (Wildman–Crippen LogP) is 2.42. The smallest absolute Gasteiger partial charge is 0.297 e. The van der Waals surface area contributed by atoms with E-state index in [0.29, 0.717) is 28.5 Å². The summed E-state index contributed by atoms with van der Waals surface area (Å²) in [6.45, 7) is 2.70. The highest BCUT2D eigenvalue weighted by atomic mass is 35.5. The van der Waals surface area contributed by atoms with Gasteiger partial charge in [-0.2, -0.15) is 4.98 Å². The molecule has 27 heavy (non-hydrogen) atoms. The first kappa shape index (κ1) is 16.9. The summed E-state index contributed by atoms with van der Waals surface area (Å²) in [5.74, 6) is 2.74. The zero-order chi connectivity index (χ0) is 18.4. The van der Waals surface area contributed by atoms with Crippen LogP contribution in [0.4, 0.5) is 0 Å². The van der Waals surface area contributed by atoms with Crippen molar-refractivity contribution in [2.45, 2.75) is 24.8 Å². The minimum Gasteiger partial charge on any atom is -0.330 e. The molecule has 5 rings (SSSR count). The number of para-hydroxylation sites is 1. The van der Waals surface area contributed by atoms with Gasteiger partial charge in [0.05, 0.1) is 16.8 Å². The Morgan fingerprint density at radius 1 is 1.22 bits per heavy atom. The van der Waals surface area contributed by atoms with Crippen molar-refractivity contribution in [3.8, 4) is 17.4 Å². The molecule has 1 aliphatic heterocycles. The molecule has 140 valence electrons. The molecule has 0 radical (unpaired) electrons. The van der Waals surface area contributed by atoms with E-state index in [1.807, 2.05) is 28.9 Å². The summed E-state index contributed by atoms with van der Waals surface area (Å²) >= 11 is 6.38. The van der Waals surface area contributed by atoms with E-state index in [4.69, 9.17) is 21.1 Å². The molecule has 3 aromatic rings. The number of nitrogens with one attached hydrogen (secondary N) is 1. The molecule has 2 aliphatic rings. The molecule has 0 amide bonds. The Morgan fingerprint density at radius 3 is 2.85 bits per heavy atom. The van der Waals surface area contributed by atoms with Crippen LogP contribution in [-0.2, 0) is 0 Å². The first-order valence-electron chi connectivity index (χ1n) is 9.17. The van der Waals surface area contributed by atoms with E-state index in [1.54, 1.807) is 0 Å². The van der Waals surface area contributed by atoms with Crippen molar-refractivity contribution in [2.24, 2.45) is 0 Å². The van der Waals surface area contributed by atoms with Gasteiger partial charge in [0.2, 0.25) is 5.82 Å². The van der Waals surface area contributed by atoms with Crippen molar-refractivity contribution in [3.05, 3.63) is 40.9 Å². The Labute approximate surface area is 161 Å². The number of benzene rings is 1. The van der Waals surface area contributed by atoms with Crippen molar-refractivity contribution in [3.63, 3.8) is 0 Å². The molecule has 1 saturated carbocycles. The van der Waals surface area contributed by atoms with Crippen LogP contribution in [0.25, 0.3) is 17.4 Å². The molecule has 2 aromatic heterocycles. The standard InChI is InChI=1S/C18H20ClN7O/c1-25-9-8-20-10-14(25)15-22-18(27-24-15)16-21-17(11-6-7-11)26(23-16)13-5-3-2-4-12(13)19/h2-5,11,14,20H,6-10H2,1H3. The minimum atomic E-state index is 0.0878. The normalized spacial score (nSPS) is 20.9. The largest absolute Gasteiger partial charge is 0.330 e. The van der Waals surface area contributed by atoms with E-state index < -0.39 is 0 Å². The minimum absolute atomic E-state index is 0.0878. The highest BCUT2D eigenvalue weighted by Crippen LogP contribution is 2.41. The van der Waals surface area contributed by atoms with Crippen LogP contribution in [0, 0.1) is 0 Å². The first-order valence-corrected chi connectivity index (χ1v) is 9.55. The zero-order valence-electron chi connectivity index (χ0n) is 15.0. The molecule has 1 saturated heterocycles. The van der Waals surface area contributed by atoms with Crippen molar-refractivity contribution in [1.29, 1.82) is 0 Å². The summed E-state index contributed by atoms with van der Waals surface area (Å²) in [5.41, 5.74) is 0.816. The number of hydrogen-bond acceptors (Lipinski definition) is 7. The second kappa shape index (κ2) is 6.70. The Bertz CT molecular complexity index is 964. The summed E-state index contributed by atoms with van der Waals surface area (Å²) in [5, 5.41) is 12.8. The predicted molar refractivity (Wildman–Crippen MR) is 99.9 cm³/mol. The van der Waals surface area contributed by atoms with Gasteiger partial charge in [-0.15, -0.1) is 5.10 Å². The van der Waals surface area contributed by atoms with Gasteiger partial charge in [-0.1, -0.05) is 28.9 Å². The maximum Gasteiger partial charge on any atom is 0.297 e. The van der Waals surface area contributed by atoms with Gasteiger partial charge < -0.3 is 9.84 Å². The van der Waals surface area contributed by atoms with Crippen molar-refractivity contribution >= 4 is 11.6 Å². The monoisotopic (exact) mass is 385 g/mol. The molecular formula is C18H20ClN7O. The van der Waals surface area contributed by atoms with Crippen LogP contribution in [0.5, 0.6) is 0 Å². The number of hydrogen-bond donors (Lipinski definition) is 1. The van der Waals surface area contributed by atoms with E-state index in [9.17, 15) is 0 Å². The zero-order valence-corrected chi connectivity index (χ0v) is 15.7. The third-order valence-electron chi connectivity index (χ3n) is 5.10. The molecule has 2 fully saturated rings. The van der Waals surface area contributed by atoms with Crippen molar-refractivity contribution < 1.29 is 4.52 Å². The summed E-state index contributed by atoms with van der Waals surface area (Å²) in [4.78, 5) is 11.5. The maximum atomic E-state index is 6.38. The number of rotatable bonds is 4. The fraction of sp³-hybridized carbons (Fsp3) is 0.444. The summed E-state index contributed by atoms with van der Waals surface area (Å²) in [6, 6.07) is 7.72. The lowest BCUT2D eigenvalue weighted by Gasteiger charge is -2.30. The SMILES string of the molecule is CN1CCNCC1c1noc(-c2nc(C3CC3)n(-c3ccccc3Cl)n2)n1. The maximum absolute atomic E-state index is 6.38. The Balaban J connectivity index is 1.51. The molecule has 0 bridgehead atoms. The van der Waals surface area contributed by atoms with E-state index >= 15 is 0 Å². The van der Waals surface area contributed by atoms with Crippen LogP contribution < -0.4 is 5.32 Å². The lowest BCUT2D eigenvalue weighted by atomic mass is 10.2. The molecule has 1 aromatic carbocycles. The summed E-state index contributed by atoms with van der Waals surface area (Å²) in [7, 11) is 2.07. The lowest BCUT2D eigenvalue weighted by Crippen LogP contribution is -2.44. The lowest BCUT2D eigenvalue weighted by molar-refractivity contribution is 0.190. The average Bonchev–Trinajstić information content (AvgIpc) is 3.24. The number of likely N-dealkylation sites (N-methyl/N-ethyl adjacent to an activating group) is 1. The molecule has 1 N–H and O–H groups in total. The topological polar surface area (TPSA) is 84.9 Å². The molecule has 1 unspecified atom stereocenters. The van der Waals surface area contributed by atoms with Crippen molar-refractivity contribution in [1.82, 2.24) is 35.1 Å². The van der Waals surface area contributed by atoms with Crippen LogP contribution in [0.2, 0.25) is 5.02 Å². The van der Waals surface area contributed by atoms with Gasteiger partial charge in [0.15, 0.2) is 5.82 Å². The first-order chi connectivity index (χ1) is 13.2. The summed E-state index contributed by atoms with van der Waals surface area (Å²) < 4.78 is 7.31. The van der Waals surface area contributed by atoms with E-state index in [0.717, 1.165) is 44.0 Å². The third kappa shape index (κ3) is 3.13. The van der Waals surface area contributed by atoms with E-state index in [2.05, 4.69) is 32.5 Å². The Kier molecular flexibility index (Phi) is 4.18. The molecule has 1 atom stereocenters. The average molecular weight is 386 g/mol. The van der Waals surface area contributed by atoms with Crippen LogP contribution in [0.15, 0.2) is 28.8 Å². The van der Waals surface area contributed by atoms with Crippen molar-refractivity contribution in [2.75, 3.05) is 26.7 Å². The van der Waals surface area contributed by atoms with E-state index in [-0.39, 0.29) is 6.04 Å². The quantitative estimate of drug-likeness (QED) is 0.738.